The summed E-state index contributed by atoms with van der Waals surface area (Å²) in [6.45, 7) is 0. The molecule has 0 atom stereocenters. The SMILES string of the molecule is c1ccc(-c2csc3ccccc23)c(-c2csc3ccccc23)c1. The molecule has 114 valence electrons. The van der Waals surface area contributed by atoms with E-state index in [4.69, 9.17) is 0 Å². The lowest BCUT2D eigenvalue weighted by Gasteiger charge is -2.09. The summed E-state index contributed by atoms with van der Waals surface area (Å²) >= 11 is 3.64. The first-order valence-corrected chi connectivity index (χ1v) is 9.70. The van der Waals surface area contributed by atoms with Crippen LogP contribution in [0.25, 0.3) is 42.4 Å². The highest BCUT2D eigenvalue weighted by atomic mass is 32.1. The van der Waals surface area contributed by atoms with Gasteiger partial charge >= 0.3 is 0 Å². The molecule has 3 aromatic carbocycles. The molecule has 0 aliphatic heterocycles. The van der Waals surface area contributed by atoms with Gasteiger partial charge in [0.05, 0.1) is 0 Å². The van der Waals surface area contributed by atoms with E-state index in [9.17, 15) is 0 Å². The van der Waals surface area contributed by atoms with E-state index in [1.807, 2.05) is 22.7 Å². The van der Waals surface area contributed by atoms with E-state index in [0.717, 1.165) is 0 Å². The van der Waals surface area contributed by atoms with Crippen LogP contribution in [-0.4, -0.2) is 0 Å². The lowest BCUT2D eigenvalue weighted by Crippen LogP contribution is -1.83. The van der Waals surface area contributed by atoms with Crippen molar-refractivity contribution in [2.24, 2.45) is 0 Å². The van der Waals surface area contributed by atoms with Gasteiger partial charge in [-0.3, -0.25) is 0 Å². The zero-order chi connectivity index (χ0) is 15.9. The molecule has 0 saturated carbocycles. The zero-order valence-corrected chi connectivity index (χ0v) is 14.5. The second-order valence-electron chi connectivity index (χ2n) is 5.84. The molecule has 0 bridgehead atoms. The van der Waals surface area contributed by atoms with Crippen LogP contribution in [0.15, 0.2) is 83.6 Å². The molecule has 2 aromatic heterocycles. The normalized spacial score (nSPS) is 11.3. The quantitative estimate of drug-likeness (QED) is 0.312. The first-order chi connectivity index (χ1) is 11.9. The number of benzene rings is 3. The molecule has 0 N–H and O–H groups in total. The first-order valence-electron chi connectivity index (χ1n) is 7.94. The topological polar surface area (TPSA) is 0 Å². The Balaban J connectivity index is 1.80. The molecule has 5 aromatic rings. The fourth-order valence-electron chi connectivity index (χ4n) is 3.33. The Morgan fingerprint density at radius 2 is 0.833 bits per heavy atom. The molecule has 5 rings (SSSR count). The molecule has 2 heteroatoms. The third-order valence-corrected chi connectivity index (χ3v) is 6.40. The van der Waals surface area contributed by atoms with Crippen molar-refractivity contribution in [1.29, 1.82) is 0 Å². The highest BCUT2D eigenvalue weighted by molar-refractivity contribution is 7.18. The largest absolute Gasteiger partial charge is 0.143 e. The van der Waals surface area contributed by atoms with Crippen LogP contribution in [0.2, 0.25) is 0 Å². The Kier molecular flexibility index (Phi) is 3.25. The second-order valence-corrected chi connectivity index (χ2v) is 7.66. The van der Waals surface area contributed by atoms with Gasteiger partial charge in [-0.25, -0.2) is 0 Å². The molecule has 0 spiro atoms. The van der Waals surface area contributed by atoms with Crippen LogP contribution in [0, 0.1) is 0 Å². The second kappa shape index (κ2) is 5.59. The molecular weight excluding hydrogens is 328 g/mol. The minimum atomic E-state index is 1.32. The van der Waals surface area contributed by atoms with E-state index >= 15 is 0 Å². The first kappa shape index (κ1) is 14.0. The van der Waals surface area contributed by atoms with Gasteiger partial charge in [0.25, 0.3) is 0 Å². The zero-order valence-electron chi connectivity index (χ0n) is 12.9. The van der Waals surface area contributed by atoms with Gasteiger partial charge in [-0.1, -0.05) is 60.7 Å². The predicted octanol–water partition coefficient (Wildman–Crippen LogP) is 7.45. The van der Waals surface area contributed by atoms with Crippen LogP contribution in [0.1, 0.15) is 0 Å². The summed E-state index contributed by atoms with van der Waals surface area (Å²) in [6, 6.07) is 26.1. The molecule has 0 radical (unpaired) electrons. The number of hydrogen-bond donors (Lipinski definition) is 0. The van der Waals surface area contributed by atoms with Gasteiger partial charge in [-0.15, -0.1) is 22.7 Å². The van der Waals surface area contributed by atoms with Crippen molar-refractivity contribution >= 4 is 42.8 Å². The molecular formula is C22H14S2. The monoisotopic (exact) mass is 342 g/mol. The van der Waals surface area contributed by atoms with E-state index in [2.05, 4.69) is 83.6 Å². The van der Waals surface area contributed by atoms with E-state index in [-0.39, 0.29) is 0 Å². The Labute approximate surface area is 148 Å². The third kappa shape index (κ3) is 2.11. The summed E-state index contributed by atoms with van der Waals surface area (Å²) in [5.74, 6) is 0. The summed E-state index contributed by atoms with van der Waals surface area (Å²) in [6.07, 6.45) is 0. The molecule has 0 aliphatic rings. The minimum Gasteiger partial charge on any atom is -0.143 e. The smallest absolute Gasteiger partial charge is 0.0349 e. The maximum absolute atomic E-state index is 2.29. The van der Waals surface area contributed by atoms with Crippen molar-refractivity contribution in [2.75, 3.05) is 0 Å². The Bertz CT molecular complexity index is 1070. The number of thiophene rings is 2. The van der Waals surface area contributed by atoms with E-state index in [1.54, 1.807) is 0 Å². The summed E-state index contributed by atoms with van der Waals surface area (Å²) in [5, 5.41) is 7.26. The van der Waals surface area contributed by atoms with Gasteiger partial charge in [0.15, 0.2) is 0 Å². The van der Waals surface area contributed by atoms with Crippen LogP contribution in [-0.2, 0) is 0 Å². The van der Waals surface area contributed by atoms with Crippen LogP contribution >= 0.6 is 22.7 Å². The van der Waals surface area contributed by atoms with Crippen LogP contribution in [0.3, 0.4) is 0 Å². The summed E-state index contributed by atoms with van der Waals surface area (Å²) in [4.78, 5) is 0. The standard InChI is InChI=1S/C22H14S2/c1-2-8-16(20-14-24-22-12-6-4-10-18(20)22)15(7-1)19-13-23-21-11-5-3-9-17(19)21/h1-14H. The van der Waals surface area contributed by atoms with Crippen LogP contribution < -0.4 is 0 Å². The van der Waals surface area contributed by atoms with Gasteiger partial charge in [-0.05, 0) is 34.0 Å². The fraction of sp³-hybridized carbons (Fsp3) is 0. The maximum Gasteiger partial charge on any atom is 0.0349 e. The molecule has 0 amide bonds. The van der Waals surface area contributed by atoms with E-state index < -0.39 is 0 Å². The van der Waals surface area contributed by atoms with Gasteiger partial charge in [0.1, 0.15) is 0 Å². The minimum absolute atomic E-state index is 1.32. The van der Waals surface area contributed by atoms with Gasteiger partial charge in [0.2, 0.25) is 0 Å². The average Bonchev–Trinajstić information content (AvgIpc) is 3.26. The third-order valence-electron chi connectivity index (χ3n) is 4.47. The Morgan fingerprint density at radius 1 is 0.417 bits per heavy atom. The molecule has 24 heavy (non-hydrogen) atoms. The van der Waals surface area contributed by atoms with Crippen LogP contribution in [0.5, 0.6) is 0 Å². The molecule has 0 fully saturated rings. The van der Waals surface area contributed by atoms with Gasteiger partial charge < -0.3 is 0 Å². The lowest BCUT2D eigenvalue weighted by atomic mass is 9.94. The summed E-state index contributed by atoms with van der Waals surface area (Å²) < 4.78 is 2.69. The fourth-order valence-corrected chi connectivity index (χ4v) is 5.25. The molecule has 0 unspecified atom stereocenters. The Hall–Kier alpha value is -2.42. The van der Waals surface area contributed by atoms with Crippen molar-refractivity contribution in [3.05, 3.63) is 83.6 Å². The maximum atomic E-state index is 2.29. The number of hydrogen-bond acceptors (Lipinski definition) is 2. The summed E-state index contributed by atoms with van der Waals surface area (Å²) in [7, 11) is 0. The van der Waals surface area contributed by atoms with Crippen LogP contribution in [0.4, 0.5) is 0 Å². The number of fused-ring (bicyclic) bond motifs is 2. The Morgan fingerprint density at radius 3 is 1.33 bits per heavy atom. The molecule has 0 aliphatic carbocycles. The highest BCUT2D eigenvalue weighted by Gasteiger charge is 2.14. The molecule has 0 nitrogen and oxygen atoms in total. The summed E-state index contributed by atoms with van der Waals surface area (Å²) in [5.41, 5.74) is 5.31. The molecule has 0 saturated heterocycles. The predicted molar refractivity (Wildman–Crippen MR) is 108 cm³/mol. The highest BCUT2D eigenvalue weighted by Crippen LogP contribution is 2.42. The van der Waals surface area contributed by atoms with Crippen molar-refractivity contribution < 1.29 is 0 Å². The molecule has 2 heterocycles. The van der Waals surface area contributed by atoms with Gasteiger partial charge in [-0.2, -0.15) is 0 Å². The van der Waals surface area contributed by atoms with Crippen molar-refractivity contribution in [3.8, 4) is 22.3 Å². The average molecular weight is 342 g/mol. The van der Waals surface area contributed by atoms with E-state index in [1.165, 1.54) is 42.4 Å². The van der Waals surface area contributed by atoms with Crippen molar-refractivity contribution in [3.63, 3.8) is 0 Å². The number of rotatable bonds is 2. The lowest BCUT2D eigenvalue weighted by molar-refractivity contribution is 1.67. The van der Waals surface area contributed by atoms with Gasteiger partial charge in [0, 0.05) is 31.3 Å². The van der Waals surface area contributed by atoms with Crippen molar-refractivity contribution in [2.45, 2.75) is 0 Å². The van der Waals surface area contributed by atoms with E-state index in [0.29, 0.717) is 0 Å². The van der Waals surface area contributed by atoms with Crippen molar-refractivity contribution in [1.82, 2.24) is 0 Å².